The summed E-state index contributed by atoms with van der Waals surface area (Å²) in [6.45, 7) is 0. The smallest absolute Gasteiger partial charge is 0.227 e. The van der Waals surface area contributed by atoms with Gasteiger partial charge < -0.3 is 10.3 Å². The quantitative estimate of drug-likeness (QED) is 0.257. The van der Waals surface area contributed by atoms with E-state index in [1.165, 1.54) is 6.07 Å². The zero-order chi connectivity index (χ0) is 24.9. The van der Waals surface area contributed by atoms with Gasteiger partial charge in [0.05, 0.1) is 11.9 Å². The fourth-order valence-corrected chi connectivity index (χ4v) is 5.41. The summed E-state index contributed by atoms with van der Waals surface area (Å²) in [6.07, 6.45) is 7.90. The van der Waals surface area contributed by atoms with Crippen LogP contribution in [0.25, 0.3) is 55.2 Å². The Morgan fingerprint density at radius 2 is 2.05 bits per heavy atom. The number of hydrogen-bond donors (Lipinski definition) is 3. The molecule has 37 heavy (non-hydrogen) atoms. The third-order valence-corrected chi connectivity index (χ3v) is 7.74. The van der Waals surface area contributed by atoms with Gasteiger partial charge in [-0.25, -0.2) is 14.4 Å². The number of H-pyrrole nitrogens is 2. The van der Waals surface area contributed by atoms with Crippen LogP contribution in [0.1, 0.15) is 19.3 Å². The summed E-state index contributed by atoms with van der Waals surface area (Å²) >= 11 is 1.63. The molecular weight excluding hydrogens is 489 g/mol. The molecule has 1 saturated carbocycles. The minimum absolute atomic E-state index is 0.00404. The van der Waals surface area contributed by atoms with Gasteiger partial charge in [-0.1, -0.05) is 12.5 Å². The number of amides is 1. The molecule has 1 aliphatic carbocycles. The molecule has 1 aromatic carbocycles. The second kappa shape index (κ2) is 8.59. The van der Waals surface area contributed by atoms with Crippen molar-refractivity contribution in [1.82, 2.24) is 30.1 Å². The molecule has 1 aliphatic rings. The molecule has 8 nitrogen and oxygen atoms in total. The molecule has 0 spiro atoms. The molecule has 5 heterocycles. The normalized spacial score (nSPS) is 13.8. The van der Waals surface area contributed by atoms with Crippen LogP contribution in [0, 0.1) is 11.7 Å². The Kier molecular flexibility index (Phi) is 5.07. The Balaban J connectivity index is 1.29. The molecule has 0 radical (unpaired) electrons. The molecule has 3 N–H and O–H groups in total. The number of carbonyl (C=O) groups is 1. The molecule has 1 amide bonds. The summed E-state index contributed by atoms with van der Waals surface area (Å²) in [7, 11) is 0. The zero-order valence-electron chi connectivity index (χ0n) is 19.5. The number of rotatable bonds is 5. The van der Waals surface area contributed by atoms with Crippen molar-refractivity contribution in [2.45, 2.75) is 19.3 Å². The summed E-state index contributed by atoms with van der Waals surface area (Å²) in [6, 6.07) is 11.1. The van der Waals surface area contributed by atoms with E-state index in [9.17, 15) is 4.79 Å². The average molecular weight is 510 g/mol. The lowest BCUT2D eigenvalue weighted by Crippen LogP contribution is -2.28. The van der Waals surface area contributed by atoms with Gasteiger partial charge in [-0.05, 0) is 54.1 Å². The Labute approximate surface area is 214 Å². The number of nitrogens with one attached hydrogen (secondary N) is 3. The number of nitrogens with zero attached hydrogens (tertiary/aromatic N) is 4. The summed E-state index contributed by atoms with van der Waals surface area (Å²) in [5.41, 5.74) is 5.01. The van der Waals surface area contributed by atoms with Gasteiger partial charge in [0.25, 0.3) is 0 Å². The Bertz CT molecular complexity index is 1790. The molecule has 0 bridgehead atoms. The fourth-order valence-electron chi connectivity index (χ4n) is 4.66. The zero-order valence-corrected chi connectivity index (χ0v) is 20.3. The minimum atomic E-state index is -0.441. The van der Waals surface area contributed by atoms with E-state index in [0.717, 1.165) is 35.2 Å². The second-order valence-corrected chi connectivity index (χ2v) is 10.1. The van der Waals surface area contributed by atoms with Crippen molar-refractivity contribution in [2.75, 3.05) is 5.32 Å². The van der Waals surface area contributed by atoms with Crippen LogP contribution in [0.15, 0.2) is 60.4 Å². The summed E-state index contributed by atoms with van der Waals surface area (Å²) in [5.74, 6) is 0.117. The van der Waals surface area contributed by atoms with E-state index >= 15 is 4.39 Å². The summed E-state index contributed by atoms with van der Waals surface area (Å²) in [5, 5.41) is 12.7. The van der Waals surface area contributed by atoms with Crippen LogP contribution >= 0.6 is 11.3 Å². The van der Waals surface area contributed by atoms with E-state index < -0.39 is 5.82 Å². The van der Waals surface area contributed by atoms with E-state index in [1.807, 2.05) is 35.7 Å². The molecule has 0 aliphatic heterocycles. The van der Waals surface area contributed by atoms with Gasteiger partial charge in [-0.3, -0.25) is 14.9 Å². The Morgan fingerprint density at radius 3 is 2.86 bits per heavy atom. The highest BCUT2D eigenvalue weighted by atomic mass is 32.1. The lowest BCUT2D eigenvalue weighted by Gasteiger charge is -2.24. The van der Waals surface area contributed by atoms with Gasteiger partial charge in [0, 0.05) is 39.7 Å². The number of halogens is 1. The maximum atomic E-state index is 15.2. The maximum Gasteiger partial charge on any atom is 0.227 e. The predicted molar refractivity (Wildman–Crippen MR) is 141 cm³/mol. The Hall–Kier alpha value is -4.44. The van der Waals surface area contributed by atoms with E-state index in [-0.39, 0.29) is 17.3 Å². The van der Waals surface area contributed by atoms with Crippen LogP contribution in [0.4, 0.5) is 10.1 Å². The van der Waals surface area contributed by atoms with Crippen LogP contribution in [-0.4, -0.2) is 36.0 Å². The van der Waals surface area contributed by atoms with Crippen molar-refractivity contribution in [3.8, 4) is 33.1 Å². The van der Waals surface area contributed by atoms with Crippen molar-refractivity contribution in [3.05, 3.63) is 66.2 Å². The largest absolute Gasteiger partial charge is 0.324 e. The lowest BCUT2D eigenvalue weighted by molar-refractivity contribution is -0.122. The van der Waals surface area contributed by atoms with Crippen LogP contribution in [-0.2, 0) is 4.79 Å². The second-order valence-electron chi connectivity index (χ2n) is 9.15. The molecule has 0 atom stereocenters. The number of anilines is 1. The number of carbonyl (C=O) groups excluding carboxylic acids is 1. The first-order valence-corrected chi connectivity index (χ1v) is 12.8. The van der Waals surface area contributed by atoms with Crippen LogP contribution < -0.4 is 5.32 Å². The van der Waals surface area contributed by atoms with Gasteiger partial charge in [-0.2, -0.15) is 5.10 Å². The molecule has 1 fully saturated rings. The SMILES string of the molecule is O=C(Nc1cncc(-c2cc(F)c3[nH]nc(-c4nc5c(-c6cccs6)ccnc5[nH]4)c3c2)c1)C1CCC1. The van der Waals surface area contributed by atoms with Crippen LogP contribution in [0.5, 0.6) is 0 Å². The van der Waals surface area contributed by atoms with E-state index in [0.29, 0.717) is 39.4 Å². The number of aromatic amines is 2. The van der Waals surface area contributed by atoms with E-state index in [1.54, 1.807) is 29.9 Å². The van der Waals surface area contributed by atoms with Crippen molar-refractivity contribution in [1.29, 1.82) is 0 Å². The molecule has 0 saturated heterocycles. The number of benzene rings is 1. The number of imidazole rings is 1. The minimum Gasteiger partial charge on any atom is -0.324 e. The third-order valence-electron chi connectivity index (χ3n) is 6.84. The van der Waals surface area contributed by atoms with Crippen molar-refractivity contribution in [2.24, 2.45) is 5.92 Å². The maximum absolute atomic E-state index is 15.2. The molecule has 182 valence electrons. The number of hydrogen-bond acceptors (Lipinski definition) is 6. The topological polar surface area (TPSA) is 112 Å². The summed E-state index contributed by atoms with van der Waals surface area (Å²) < 4.78 is 15.2. The van der Waals surface area contributed by atoms with Gasteiger partial charge in [-0.15, -0.1) is 11.3 Å². The summed E-state index contributed by atoms with van der Waals surface area (Å²) in [4.78, 5) is 30.2. The predicted octanol–water partition coefficient (Wildman–Crippen LogP) is 6.17. The van der Waals surface area contributed by atoms with Gasteiger partial charge in [0.15, 0.2) is 11.5 Å². The molecule has 10 heteroatoms. The van der Waals surface area contributed by atoms with Crippen LogP contribution in [0.3, 0.4) is 0 Å². The van der Waals surface area contributed by atoms with Gasteiger partial charge >= 0.3 is 0 Å². The molecule has 6 aromatic rings. The first-order chi connectivity index (χ1) is 18.1. The van der Waals surface area contributed by atoms with Crippen molar-refractivity contribution < 1.29 is 9.18 Å². The number of thiophene rings is 1. The van der Waals surface area contributed by atoms with Gasteiger partial charge in [0.1, 0.15) is 22.5 Å². The first-order valence-electron chi connectivity index (χ1n) is 12.0. The highest BCUT2D eigenvalue weighted by Gasteiger charge is 2.25. The van der Waals surface area contributed by atoms with Crippen molar-refractivity contribution in [3.63, 3.8) is 0 Å². The average Bonchev–Trinajstić information content (AvgIpc) is 3.61. The molecular formula is C27H20FN7OS. The highest BCUT2D eigenvalue weighted by Crippen LogP contribution is 2.35. The number of fused-ring (bicyclic) bond motifs is 2. The van der Waals surface area contributed by atoms with E-state index in [2.05, 4.69) is 30.5 Å². The van der Waals surface area contributed by atoms with Crippen LogP contribution in [0.2, 0.25) is 0 Å². The monoisotopic (exact) mass is 509 g/mol. The third kappa shape index (κ3) is 3.77. The van der Waals surface area contributed by atoms with Gasteiger partial charge in [0.2, 0.25) is 5.91 Å². The molecule has 7 rings (SSSR count). The van der Waals surface area contributed by atoms with Crippen molar-refractivity contribution >= 4 is 45.0 Å². The number of pyridine rings is 2. The first kappa shape index (κ1) is 21.8. The molecule has 0 unspecified atom stereocenters. The Morgan fingerprint density at radius 1 is 1.14 bits per heavy atom. The number of aromatic nitrogens is 6. The van der Waals surface area contributed by atoms with E-state index in [4.69, 9.17) is 4.98 Å². The lowest BCUT2D eigenvalue weighted by atomic mass is 9.85. The standard InChI is InChI=1S/C27H20FN7OS/c28-20-11-15(16-9-17(13-29-12-16)31-27(36)14-3-1-4-14)10-19-22(20)34-35-24(19)26-32-23-18(21-5-2-8-37-21)6-7-30-25(23)33-26/h2,5-14H,1,3-4H2,(H,31,36)(H,34,35)(H,30,32,33). The highest BCUT2D eigenvalue weighted by molar-refractivity contribution is 7.13. The molecule has 5 aromatic heterocycles. The fraction of sp³-hybridized carbons (Fsp3) is 0.148.